The van der Waals surface area contributed by atoms with Gasteiger partial charge in [-0.15, -0.1) is 0 Å². The third kappa shape index (κ3) is 6.20. The Balaban J connectivity index is 1.61. The number of halogens is 2. The Hall–Kier alpha value is -4.05. The summed E-state index contributed by atoms with van der Waals surface area (Å²) in [6.45, 7) is 3.86. The molecule has 0 saturated heterocycles. The number of rotatable bonds is 9. The van der Waals surface area contributed by atoms with Crippen LogP contribution in [-0.4, -0.2) is 31.4 Å². The molecular formula is C32H28Cl2N2O6S. The van der Waals surface area contributed by atoms with Crippen LogP contribution in [0.4, 0.5) is 0 Å². The summed E-state index contributed by atoms with van der Waals surface area (Å²) in [6, 6.07) is 17.1. The summed E-state index contributed by atoms with van der Waals surface area (Å²) >= 11 is 13.6. The number of carbonyl (C=O) groups is 1. The highest BCUT2D eigenvalue weighted by atomic mass is 35.5. The average molecular weight is 640 g/mol. The molecule has 2 heterocycles. The number of methoxy groups -OCH3 is 2. The molecular weight excluding hydrogens is 611 g/mol. The molecule has 0 bridgehead atoms. The van der Waals surface area contributed by atoms with E-state index < -0.39 is 12.0 Å². The summed E-state index contributed by atoms with van der Waals surface area (Å²) in [6.07, 6.45) is 1.76. The van der Waals surface area contributed by atoms with Crippen LogP contribution < -0.4 is 29.1 Å². The van der Waals surface area contributed by atoms with Crippen molar-refractivity contribution in [1.82, 2.24) is 4.57 Å². The van der Waals surface area contributed by atoms with Crippen molar-refractivity contribution in [1.29, 1.82) is 0 Å². The van der Waals surface area contributed by atoms with Gasteiger partial charge in [-0.05, 0) is 55.8 Å². The van der Waals surface area contributed by atoms with E-state index in [2.05, 4.69) is 4.99 Å². The summed E-state index contributed by atoms with van der Waals surface area (Å²) in [5.41, 5.74) is 2.55. The fourth-order valence-corrected chi connectivity index (χ4v) is 6.30. The lowest BCUT2D eigenvalue weighted by atomic mass is 9.95. The molecule has 1 unspecified atom stereocenters. The fraction of sp³-hybridized carbons (Fsp3) is 0.219. The minimum absolute atomic E-state index is 0.177. The van der Waals surface area contributed by atoms with Crippen molar-refractivity contribution < 1.29 is 23.7 Å². The molecule has 1 aliphatic heterocycles. The van der Waals surface area contributed by atoms with E-state index in [4.69, 9.17) is 42.1 Å². The molecule has 0 amide bonds. The van der Waals surface area contributed by atoms with Gasteiger partial charge in [-0.25, -0.2) is 9.79 Å². The van der Waals surface area contributed by atoms with Gasteiger partial charge < -0.3 is 18.9 Å². The van der Waals surface area contributed by atoms with E-state index in [1.807, 2.05) is 30.3 Å². The molecule has 0 N–H and O–H groups in total. The molecule has 5 rings (SSSR count). The lowest BCUT2D eigenvalue weighted by Gasteiger charge is -2.25. The Kier molecular flexibility index (Phi) is 9.25. The summed E-state index contributed by atoms with van der Waals surface area (Å²) < 4.78 is 24.4. The van der Waals surface area contributed by atoms with Crippen LogP contribution in [0, 0.1) is 0 Å². The second kappa shape index (κ2) is 13.1. The Morgan fingerprint density at radius 2 is 1.79 bits per heavy atom. The Labute approximate surface area is 262 Å². The van der Waals surface area contributed by atoms with Gasteiger partial charge >= 0.3 is 5.97 Å². The van der Waals surface area contributed by atoms with E-state index >= 15 is 0 Å². The third-order valence-corrected chi connectivity index (χ3v) is 8.41. The van der Waals surface area contributed by atoms with Gasteiger partial charge in [0.05, 0.1) is 42.7 Å². The monoisotopic (exact) mass is 638 g/mol. The van der Waals surface area contributed by atoms with Crippen molar-refractivity contribution in [3.63, 3.8) is 0 Å². The van der Waals surface area contributed by atoms with Crippen molar-refractivity contribution in [2.24, 2.45) is 4.99 Å². The highest BCUT2D eigenvalue weighted by Crippen LogP contribution is 2.36. The summed E-state index contributed by atoms with van der Waals surface area (Å²) in [7, 11) is 3.07. The van der Waals surface area contributed by atoms with Gasteiger partial charge in [-0.1, -0.05) is 64.9 Å². The van der Waals surface area contributed by atoms with Gasteiger partial charge in [0.2, 0.25) is 0 Å². The van der Waals surface area contributed by atoms with Crippen molar-refractivity contribution in [3.05, 3.63) is 118 Å². The molecule has 1 atom stereocenters. The van der Waals surface area contributed by atoms with Crippen LogP contribution >= 0.6 is 34.5 Å². The summed E-state index contributed by atoms with van der Waals surface area (Å²) in [5.74, 6) is 1.01. The molecule has 0 aliphatic carbocycles. The van der Waals surface area contributed by atoms with Crippen LogP contribution in [0.25, 0.3) is 6.08 Å². The van der Waals surface area contributed by atoms with E-state index in [1.54, 1.807) is 57.4 Å². The molecule has 3 aromatic carbocycles. The van der Waals surface area contributed by atoms with Crippen LogP contribution in [-0.2, 0) is 16.1 Å². The number of aromatic nitrogens is 1. The number of thiazole rings is 1. The number of hydrogen-bond acceptors (Lipinski definition) is 8. The van der Waals surface area contributed by atoms with E-state index in [0.29, 0.717) is 53.5 Å². The van der Waals surface area contributed by atoms with Crippen LogP contribution in [0.1, 0.15) is 36.6 Å². The van der Waals surface area contributed by atoms with E-state index in [-0.39, 0.29) is 24.3 Å². The van der Waals surface area contributed by atoms with Gasteiger partial charge in [0.1, 0.15) is 12.4 Å². The van der Waals surface area contributed by atoms with Crippen LogP contribution in [0.3, 0.4) is 0 Å². The van der Waals surface area contributed by atoms with E-state index in [1.165, 1.54) is 23.0 Å². The standard InChI is InChI=1S/C32H28Cl2N2O6S/c1-5-41-31(38)28-18(2)35-32-36(29(28)20-11-13-25(39-3)26(14-20)40-4)30(37)27(43-32)15-19-8-6-7-9-24(19)42-17-21-10-12-22(33)16-23(21)34/h6-16,29H,5,17H2,1-4H3/b27-15-. The molecule has 11 heteroatoms. The zero-order valence-corrected chi connectivity index (χ0v) is 26.2. The Morgan fingerprint density at radius 1 is 1.02 bits per heavy atom. The Bertz CT molecular complexity index is 1910. The second-order valence-electron chi connectivity index (χ2n) is 9.48. The maximum atomic E-state index is 14.1. The first kappa shape index (κ1) is 30.4. The lowest BCUT2D eigenvalue weighted by Crippen LogP contribution is -2.40. The van der Waals surface area contributed by atoms with Gasteiger partial charge in [-0.2, -0.15) is 0 Å². The van der Waals surface area contributed by atoms with Crippen LogP contribution in [0.15, 0.2) is 81.7 Å². The molecule has 0 fully saturated rings. The number of para-hydroxylation sites is 1. The third-order valence-electron chi connectivity index (χ3n) is 6.84. The number of fused-ring (bicyclic) bond motifs is 1. The number of benzene rings is 3. The van der Waals surface area contributed by atoms with Crippen molar-refractivity contribution in [2.45, 2.75) is 26.5 Å². The van der Waals surface area contributed by atoms with Crippen molar-refractivity contribution in [2.75, 3.05) is 20.8 Å². The highest BCUT2D eigenvalue weighted by Gasteiger charge is 2.34. The van der Waals surface area contributed by atoms with E-state index in [0.717, 1.165) is 5.56 Å². The minimum Gasteiger partial charge on any atom is -0.493 e. The van der Waals surface area contributed by atoms with Crippen LogP contribution in [0.5, 0.6) is 17.2 Å². The molecule has 0 saturated carbocycles. The quantitative estimate of drug-likeness (QED) is 0.219. The van der Waals surface area contributed by atoms with Gasteiger partial charge in [0, 0.05) is 21.2 Å². The molecule has 1 aliphatic rings. The molecule has 4 aromatic rings. The minimum atomic E-state index is -0.796. The van der Waals surface area contributed by atoms with Gasteiger partial charge in [0.25, 0.3) is 5.56 Å². The molecule has 1 aromatic heterocycles. The molecule has 8 nitrogen and oxygen atoms in total. The largest absolute Gasteiger partial charge is 0.493 e. The lowest BCUT2D eigenvalue weighted by molar-refractivity contribution is -0.139. The Morgan fingerprint density at radius 3 is 2.51 bits per heavy atom. The molecule has 0 spiro atoms. The maximum absolute atomic E-state index is 14.1. The SMILES string of the molecule is CCOC(=O)C1=C(C)N=c2s/c(=C\c3ccccc3OCc3ccc(Cl)cc3Cl)c(=O)n2C1c1ccc(OC)c(OC)c1. The average Bonchev–Trinajstić information content (AvgIpc) is 3.30. The summed E-state index contributed by atoms with van der Waals surface area (Å²) in [4.78, 5) is 32.4. The smallest absolute Gasteiger partial charge is 0.338 e. The first-order valence-electron chi connectivity index (χ1n) is 13.3. The highest BCUT2D eigenvalue weighted by molar-refractivity contribution is 7.07. The zero-order valence-electron chi connectivity index (χ0n) is 23.9. The summed E-state index contributed by atoms with van der Waals surface area (Å²) in [5, 5.41) is 1.04. The van der Waals surface area contributed by atoms with E-state index in [9.17, 15) is 9.59 Å². The maximum Gasteiger partial charge on any atom is 0.338 e. The number of hydrogen-bond donors (Lipinski definition) is 0. The number of nitrogens with zero attached hydrogens (tertiary/aromatic N) is 2. The first-order valence-corrected chi connectivity index (χ1v) is 14.9. The first-order chi connectivity index (χ1) is 20.7. The predicted molar refractivity (Wildman–Crippen MR) is 167 cm³/mol. The second-order valence-corrected chi connectivity index (χ2v) is 11.3. The van der Waals surface area contributed by atoms with Crippen molar-refractivity contribution >= 4 is 46.6 Å². The molecule has 222 valence electrons. The predicted octanol–water partition coefficient (Wildman–Crippen LogP) is 5.70. The zero-order chi connectivity index (χ0) is 30.7. The molecule has 0 radical (unpaired) electrons. The van der Waals surface area contributed by atoms with Gasteiger partial charge in [0.15, 0.2) is 16.3 Å². The topological polar surface area (TPSA) is 88.4 Å². The number of carbonyl (C=O) groups excluding carboxylic acids is 1. The number of allylic oxidation sites excluding steroid dienone is 1. The van der Waals surface area contributed by atoms with Crippen LogP contribution in [0.2, 0.25) is 10.0 Å². The number of ether oxygens (including phenoxy) is 4. The fourth-order valence-electron chi connectivity index (χ4n) is 4.80. The molecule has 43 heavy (non-hydrogen) atoms. The normalized spacial score (nSPS) is 14.7. The number of esters is 1. The van der Waals surface area contributed by atoms with Gasteiger partial charge in [-0.3, -0.25) is 9.36 Å². The van der Waals surface area contributed by atoms with Crippen molar-refractivity contribution in [3.8, 4) is 17.2 Å².